The molecule has 4 heteroatoms. The average molecular weight is 305 g/mol. The number of hydrogen-bond acceptors (Lipinski definition) is 3. The Morgan fingerprint density at radius 3 is 2.43 bits per heavy atom. The van der Waals surface area contributed by atoms with E-state index in [1.165, 1.54) is 19.1 Å². The van der Waals surface area contributed by atoms with Crippen molar-refractivity contribution in [2.75, 3.05) is 0 Å². The summed E-state index contributed by atoms with van der Waals surface area (Å²) < 4.78 is 0. The summed E-state index contributed by atoms with van der Waals surface area (Å²) in [4.78, 5) is 36.2. The molecule has 1 atom stereocenters. The predicted octanol–water partition coefficient (Wildman–Crippen LogP) is 3.80. The van der Waals surface area contributed by atoms with Gasteiger partial charge in [0.15, 0.2) is 5.78 Å². The lowest BCUT2D eigenvalue weighted by atomic mass is 9.70. The third-order valence-corrected chi connectivity index (χ3v) is 4.25. The number of ketones is 3. The van der Waals surface area contributed by atoms with Crippen LogP contribution in [0, 0.1) is 5.41 Å². The molecule has 1 aliphatic carbocycles. The number of carbonyl (C=O) groups excluding carboxylic acids is 3. The van der Waals surface area contributed by atoms with E-state index in [1.807, 2.05) is 0 Å². The third-order valence-electron chi connectivity index (χ3n) is 4.00. The second-order valence-corrected chi connectivity index (χ2v) is 5.80. The van der Waals surface area contributed by atoms with E-state index in [9.17, 15) is 14.4 Å². The van der Waals surface area contributed by atoms with E-state index in [-0.39, 0.29) is 17.3 Å². The molecule has 0 spiro atoms. The quantitative estimate of drug-likeness (QED) is 0.483. The van der Waals surface area contributed by atoms with Crippen LogP contribution in [-0.4, -0.2) is 17.3 Å². The van der Waals surface area contributed by atoms with Crippen molar-refractivity contribution < 1.29 is 14.4 Å². The standard InChI is InChI=1S/C17H17ClO3/c1-12(19)17(10-3-2-4-16(17)21)11-9-15(20)13-5-7-14(18)8-6-13/h5-9,11H,2-4,10H2,1H3/b11-9+/t17-/m0/s1. The van der Waals surface area contributed by atoms with E-state index in [2.05, 4.69) is 0 Å². The number of rotatable bonds is 4. The van der Waals surface area contributed by atoms with E-state index >= 15 is 0 Å². The van der Waals surface area contributed by atoms with E-state index < -0.39 is 5.41 Å². The molecule has 3 nitrogen and oxygen atoms in total. The predicted molar refractivity (Wildman–Crippen MR) is 81.5 cm³/mol. The van der Waals surface area contributed by atoms with E-state index in [0.29, 0.717) is 23.4 Å². The first-order valence-electron chi connectivity index (χ1n) is 6.99. The number of allylic oxidation sites excluding steroid dienone is 2. The number of carbonyl (C=O) groups is 3. The number of benzene rings is 1. The number of halogens is 1. The second-order valence-electron chi connectivity index (χ2n) is 5.36. The topological polar surface area (TPSA) is 51.2 Å². The fourth-order valence-electron chi connectivity index (χ4n) is 2.65. The molecule has 0 N–H and O–H groups in total. The van der Waals surface area contributed by atoms with Gasteiger partial charge in [0.2, 0.25) is 0 Å². The maximum Gasteiger partial charge on any atom is 0.185 e. The van der Waals surface area contributed by atoms with Crippen molar-refractivity contribution in [3.63, 3.8) is 0 Å². The van der Waals surface area contributed by atoms with Crippen LogP contribution >= 0.6 is 11.6 Å². The molecule has 110 valence electrons. The van der Waals surface area contributed by atoms with Crippen LogP contribution in [0.25, 0.3) is 0 Å². The summed E-state index contributed by atoms with van der Waals surface area (Å²) in [6.45, 7) is 1.42. The number of hydrogen-bond donors (Lipinski definition) is 0. The first kappa shape index (κ1) is 15.6. The summed E-state index contributed by atoms with van der Waals surface area (Å²) in [6.07, 6.45) is 5.36. The first-order valence-corrected chi connectivity index (χ1v) is 7.37. The molecule has 21 heavy (non-hydrogen) atoms. The van der Waals surface area contributed by atoms with E-state index in [1.54, 1.807) is 24.3 Å². The van der Waals surface area contributed by atoms with Gasteiger partial charge in [-0.25, -0.2) is 0 Å². The molecule has 0 amide bonds. The Hall–Kier alpha value is -1.74. The highest BCUT2D eigenvalue weighted by molar-refractivity contribution is 6.30. The third kappa shape index (κ3) is 3.30. The molecule has 0 radical (unpaired) electrons. The number of Topliss-reactive ketones (excluding diaryl/α,β-unsaturated/α-hetero) is 2. The SMILES string of the molecule is CC(=O)[C@@]1(/C=C/C(=O)c2ccc(Cl)cc2)CCCCC1=O. The van der Waals surface area contributed by atoms with Crippen molar-refractivity contribution in [3.8, 4) is 0 Å². The van der Waals surface area contributed by atoms with Crippen molar-refractivity contribution in [1.82, 2.24) is 0 Å². The molecule has 2 rings (SSSR count). The van der Waals surface area contributed by atoms with Crippen molar-refractivity contribution in [2.24, 2.45) is 5.41 Å². The van der Waals surface area contributed by atoms with Gasteiger partial charge in [-0.1, -0.05) is 24.1 Å². The molecule has 0 unspecified atom stereocenters. The molecule has 0 saturated heterocycles. The summed E-state index contributed by atoms with van der Waals surface area (Å²) in [6, 6.07) is 6.51. The molecule has 0 aliphatic heterocycles. The Morgan fingerprint density at radius 2 is 1.86 bits per heavy atom. The van der Waals surface area contributed by atoms with Gasteiger partial charge in [-0.05, 0) is 50.1 Å². The smallest absolute Gasteiger partial charge is 0.185 e. The van der Waals surface area contributed by atoms with Crippen molar-refractivity contribution in [2.45, 2.75) is 32.6 Å². The average Bonchev–Trinajstić information content (AvgIpc) is 2.47. The highest BCUT2D eigenvalue weighted by Crippen LogP contribution is 2.35. The normalized spacial score (nSPS) is 22.5. The molecule has 0 heterocycles. The Balaban J connectivity index is 2.24. The largest absolute Gasteiger partial charge is 0.299 e. The summed E-state index contributed by atoms with van der Waals surface area (Å²) in [5, 5.41) is 0.554. The van der Waals surface area contributed by atoms with Crippen molar-refractivity contribution >= 4 is 29.0 Å². The van der Waals surface area contributed by atoms with Gasteiger partial charge in [0.1, 0.15) is 17.0 Å². The van der Waals surface area contributed by atoms with Crippen LogP contribution in [0.2, 0.25) is 5.02 Å². The molecule has 1 fully saturated rings. The maximum absolute atomic E-state index is 12.2. The van der Waals surface area contributed by atoms with Gasteiger partial charge in [-0.3, -0.25) is 14.4 Å². The van der Waals surface area contributed by atoms with Crippen LogP contribution < -0.4 is 0 Å². The Labute approximate surface area is 129 Å². The highest BCUT2D eigenvalue weighted by Gasteiger charge is 2.41. The maximum atomic E-state index is 12.2. The molecule has 1 aromatic rings. The van der Waals surface area contributed by atoms with E-state index in [4.69, 9.17) is 11.6 Å². The van der Waals surface area contributed by atoms with Gasteiger partial charge in [0.05, 0.1) is 0 Å². The minimum absolute atomic E-state index is 0.0820. The van der Waals surface area contributed by atoms with Crippen LogP contribution in [-0.2, 0) is 9.59 Å². The first-order chi connectivity index (χ1) is 9.95. The Morgan fingerprint density at radius 1 is 1.19 bits per heavy atom. The molecule has 1 aliphatic rings. The van der Waals surface area contributed by atoms with Gasteiger partial charge >= 0.3 is 0 Å². The van der Waals surface area contributed by atoms with Crippen molar-refractivity contribution in [1.29, 1.82) is 0 Å². The molecular formula is C17H17ClO3. The van der Waals surface area contributed by atoms with Crippen LogP contribution in [0.3, 0.4) is 0 Å². The molecular weight excluding hydrogens is 288 g/mol. The van der Waals surface area contributed by atoms with Gasteiger partial charge in [-0.2, -0.15) is 0 Å². The van der Waals surface area contributed by atoms with Crippen LogP contribution in [0.5, 0.6) is 0 Å². The van der Waals surface area contributed by atoms with Crippen molar-refractivity contribution in [3.05, 3.63) is 47.0 Å². The van der Waals surface area contributed by atoms with E-state index in [0.717, 1.165) is 12.8 Å². The lowest BCUT2D eigenvalue weighted by molar-refractivity contribution is -0.138. The van der Waals surface area contributed by atoms with Crippen LogP contribution in [0.1, 0.15) is 43.0 Å². The van der Waals surface area contributed by atoms with Crippen LogP contribution in [0.15, 0.2) is 36.4 Å². The minimum atomic E-state index is -1.11. The molecule has 0 aromatic heterocycles. The zero-order valence-electron chi connectivity index (χ0n) is 11.9. The van der Waals surface area contributed by atoms with Gasteiger partial charge < -0.3 is 0 Å². The zero-order valence-corrected chi connectivity index (χ0v) is 12.7. The fourth-order valence-corrected chi connectivity index (χ4v) is 2.77. The lowest BCUT2D eigenvalue weighted by Crippen LogP contribution is -2.38. The molecule has 1 saturated carbocycles. The highest BCUT2D eigenvalue weighted by atomic mass is 35.5. The van der Waals surface area contributed by atoms with Gasteiger partial charge in [0.25, 0.3) is 0 Å². The molecule has 0 bridgehead atoms. The van der Waals surface area contributed by atoms with Gasteiger partial charge in [0, 0.05) is 17.0 Å². The Bertz CT molecular complexity index is 601. The van der Waals surface area contributed by atoms with Gasteiger partial charge in [-0.15, -0.1) is 0 Å². The lowest BCUT2D eigenvalue weighted by Gasteiger charge is -2.30. The summed E-state index contributed by atoms with van der Waals surface area (Å²) in [5.74, 6) is -0.501. The summed E-state index contributed by atoms with van der Waals surface area (Å²) >= 11 is 5.78. The monoisotopic (exact) mass is 304 g/mol. The summed E-state index contributed by atoms with van der Waals surface area (Å²) in [7, 11) is 0. The van der Waals surface area contributed by atoms with Crippen LogP contribution in [0.4, 0.5) is 0 Å². The fraction of sp³-hybridized carbons (Fsp3) is 0.353. The summed E-state index contributed by atoms with van der Waals surface area (Å²) in [5.41, 5.74) is -0.627. The zero-order chi connectivity index (χ0) is 15.5. The molecule has 1 aromatic carbocycles. The second kappa shape index (κ2) is 6.35. The minimum Gasteiger partial charge on any atom is -0.299 e. The Kier molecular flexibility index (Phi) is 4.73.